The van der Waals surface area contributed by atoms with Crippen LogP contribution in [0.25, 0.3) is 17.2 Å². The van der Waals surface area contributed by atoms with E-state index in [0.717, 1.165) is 28.8 Å². The first-order valence-corrected chi connectivity index (χ1v) is 7.43. The molecule has 1 amide bonds. The topological polar surface area (TPSA) is 80.0 Å². The van der Waals surface area contributed by atoms with Crippen LogP contribution in [-0.2, 0) is 11.8 Å². The van der Waals surface area contributed by atoms with Crippen molar-refractivity contribution in [1.29, 1.82) is 0 Å². The van der Waals surface area contributed by atoms with Gasteiger partial charge in [0.05, 0.1) is 6.20 Å². The lowest BCUT2D eigenvalue weighted by atomic mass is 10.0. The average Bonchev–Trinajstić information content (AvgIpc) is 3.03. The Bertz CT molecular complexity index is 950. The van der Waals surface area contributed by atoms with Crippen molar-refractivity contribution < 1.29 is 14.3 Å². The number of nitrogens with zero attached hydrogens (tertiary/aromatic N) is 3. The number of hydrogen-bond acceptors (Lipinski definition) is 4. The number of halogens is 1. The molecule has 0 spiro atoms. The van der Waals surface area contributed by atoms with Crippen LogP contribution < -0.4 is 5.32 Å². The van der Waals surface area contributed by atoms with Gasteiger partial charge in [0.15, 0.2) is 11.6 Å². The van der Waals surface area contributed by atoms with Crippen LogP contribution in [0.2, 0.25) is 0 Å². The molecule has 0 radical (unpaired) electrons. The highest BCUT2D eigenvalue weighted by Crippen LogP contribution is 2.23. The predicted octanol–water partition coefficient (Wildman–Crippen LogP) is 2.98. The number of hydrogen-bond donors (Lipinski definition) is 2. The van der Waals surface area contributed by atoms with E-state index in [-0.39, 0.29) is 0 Å². The van der Waals surface area contributed by atoms with Gasteiger partial charge in [-0.3, -0.25) is 14.5 Å². The molecule has 0 bridgehead atoms. The molecule has 6 nitrogen and oxygen atoms in total. The summed E-state index contributed by atoms with van der Waals surface area (Å²) in [4.78, 5) is 16.1. The summed E-state index contributed by atoms with van der Waals surface area (Å²) in [6.45, 7) is 0. The summed E-state index contributed by atoms with van der Waals surface area (Å²) in [6, 6.07) is 5.43. The van der Waals surface area contributed by atoms with E-state index in [1.165, 1.54) is 12.1 Å². The number of pyridine rings is 1. The molecule has 0 saturated carbocycles. The Balaban J connectivity index is 1.77. The lowest BCUT2D eigenvalue weighted by Crippen LogP contribution is -2.07. The smallest absolute Gasteiger partial charge is 0.248 e. The third-order valence-electron chi connectivity index (χ3n) is 3.50. The molecular formula is C18H15FN4O2. The van der Waals surface area contributed by atoms with Crippen molar-refractivity contribution >= 4 is 17.7 Å². The molecule has 0 atom stereocenters. The molecular weight excluding hydrogens is 323 g/mol. The standard InChI is InChI=1S/C18H15FN4O2/c1-23-11-13(10-21-23)15-6-7-20-9-12(15)2-5-18(25)22-14-3-4-16(19)17(24)8-14/h2-11,24H,1H3,(H,22,25)/b5-2+. The molecule has 0 aliphatic heterocycles. The first kappa shape index (κ1) is 16.4. The van der Waals surface area contributed by atoms with Crippen LogP contribution in [-0.4, -0.2) is 25.8 Å². The maximum Gasteiger partial charge on any atom is 0.248 e. The van der Waals surface area contributed by atoms with Gasteiger partial charge in [-0.2, -0.15) is 5.10 Å². The highest BCUT2D eigenvalue weighted by atomic mass is 19.1. The molecule has 2 aromatic heterocycles. The molecule has 25 heavy (non-hydrogen) atoms. The second-order valence-corrected chi connectivity index (χ2v) is 5.35. The summed E-state index contributed by atoms with van der Waals surface area (Å²) in [6.07, 6.45) is 9.89. The number of carbonyl (C=O) groups excluding carboxylic acids is 1. The number of nitrogens with one attached hydrogen (secondary N) is 1. The van der Waals surface area contributed by atoms with E-state index in [1.807, 2.05) is 19.3 Å². The molecule has 1 aromatic carbocycles. The van der Waals surface area contributed by atoms with Crippen LogP contribution >= 0.6 is 0 Å². The van der Waals surface area contributed by atoms with Gasteiger partial charge in [-0.25, -0.2) is 4.39 Å². The monoisotopic (exact) mass is 338 g/mol. The summed E-state index contributed by atoms with van der Waals surface area (Å²) in [5, 5.41) is 16.0. The molecule has 2 heterocycles. The number of rotatable bonds is 4. The molecule has 0 fully saturated rings. The van der Waals surface area contributed by atoms with Gasteiger partial charge in [0, 0.05) is 54.6 Å². The Labute approximate surface area is 143 Å². The molecule has 2 N–H and O–H groups in total. The van der Waals surface area contributed by atoms with Crippen molar-refractivity contribution in [2.24, 2.45) is 7.05 Å². The summed E-state index contributed by atoms with van der Waals surface area (Å²) in [5.74, 6) is -1.68. The van der Waals surface area contributed by atoms with Crippen molar-refractivity contribution in [2.75, 3.05) is 5.32 Å². The number of aromatic nitrogens is 3. The number of aromatic hydroxyl groups is 1. The fraction of sp³-hybridized carbons (Fsp3) is 0.0556. The van der Waals surface area contributed by atoms with Crippen LogP contribution in [0.15, 0.2) is 55.1 Å². The van der Waals surface area contributed by atoms with Crippen LogP contribution in [0.5, 0.6) is 5.75 Å². The van der Waals surface area contributed by atoms with E-state index in [2.05, 4.69) is 15.4 Å². The normalized spacial score (nSPS) is 11.0. The van der Waals surface area contributed by atoms with E-state index >= 15 is 0 Å². The fourth-order valence-electron chi connectivity index (χ4n) is 2.30. The molecule has 126 valence electrons. The van der Waals surface area contributed by atoms with E-state index in [4.69, 9.17) is 0 Å². The second kappa shape index (κ2) is 6.96. The highest BCUT2D eigenvalue weighted by molar-refractivity contribution is 6.02. The summed E-state index contributed by atoms with van der Waals surface area (Å²) < 4.78 is 14.7. The Kier molecular flexibility index (Phi) is 4.56. The fourth-order valence-corrected chi connectivity index (χ4v) is 2.30. The molecule has 3 aromatic rings. The Morgan fingerprint density at radius 1 is 1.32 bits per heavy atom. The van der Waals surface area contributed by atoms with Crippen molar-refractivity contribution in [2.45, 2.75) is 0 Å². The maximum absolute atomic E-state index is 13.0. The highest BCUT2D eigenvalue weighted by Gasteiger charge is 2.06. The van der Waals surface area contributed by atoms with Crippen molar-refractivity contribution in [3.05, 3.63) is 66.5 Å². The Morgan fingerprint density at radius 3 is 2.88 bits per heavy atom. The maximum atomic E-state index is 13.0. The zero-order valence-corrected chi connectivity index (χ0v) is 13.3. The molecule has 0 aliphatic rings. The van der Waals surface area contributed by atoms with Gasteiger partial charge in [0.2, 0.25) is 5.91 Å². The van der Waals surface area contributed by atoms with Crippen LogP contribution in [0, 0.1) is 5.82 Å². The van der Waals surface area contributed by atoms with E-state index in [0.29, 0.717) is 5.69 Å². The molecule has 7 heteroatoms. The number of phenolic OH excluding ortho intramolecular Hbond substituents is 1. The largest absolute Gasteiger partial charge is 0.505 e. The quantitative estimate of drug-likeness (QED) is 0.717. The number of benzene rings is 1. The minimum absolute atomic E-state index is 0.298. The van der Waals surface area contributed by atoms with Crippen molar-refractivity contribution in [3.63, 3.8) is 0 Å². The zero-order valence-electron chi connectivity index (χ0n) is 13.3. The second-order valence-electron chi connectivity index (χ2n) is 5.35. The van der Waals surface area contributed by atoms with E-state index < -0.39 is 17.5 Å². The first-order chi connectivity index (χ1) is 12.0. The molecule has 0 unspecified atom stereocenters. The molecule has 3 rings (SSSR count). The number of anilines is 1. The predicted molar refractivity (Wildman–Crippen MR) is 92.2 cm³/mol. The minimum Gasteiger partial charge on any atom is -0.505 e. The van der Waals surface area contributed by atoms with Crippen LogP contribution in [0.1, 0.15) is 5.56 Å². The number of phenols is 1. The lowest BCUT2D eigenvalue weighted by molar-refractivity contribution is -0.111. The summed E-state index contributed by atoms with van der Waals surface area (Å²) in [7, 11) is 1.83. The molecule has 0 aliphatic carbocycles. The lowest BCUT2D eigenvalue weighted by Gasteiger charge is -2.04. The number of aryl methyl sites for hydroxylation is 1. The van der Waals surface area contributed by atoms with Gasteiger partial charge in [0.25, 0.3) is 0 Å². The zero-order chi connectivity index (χ0) is 17.8. The third-order valence-corrected chi connectivity index (χ3v) is 3.50. The van der Waals surface area contributed by atoms with E-state index in [1.54, 1.807) is 29.3 Å². The Hall–Kier alpha value is -3.48. The average molecular weight is 338 g/mol. The Morgan fingerprint density at radius 2 is 2.16 bits per heavy atom. The first-order valence-electron chi connectivity index (χ1n) is 7.43. The van der Waals surface area contributed by atoms with Crippen molar-refractivity contribution in [3.8, 4) is 16.9 Å². The van der Waals surface area contributed by atoms with E-state index in [9.17, 15) is 14.3 Å². The van der Waals surface area contributed by atoms with Gasteiger partial charge >= 0.3 is 0 Å². The number of amides is 1. The van der Waals surface area contributed by atoms with Crippen LogP contribution in [0.3, 0.4) is 0 Å². The minimum atomic E-state index is -0.745. The summed E-state index contributed by atoms with van der Waals surface area (Å²) >= 11 is 0. The van der Waals surface area contributed by atoms with Gasteiger partial charge < -0.3 is 10.4 Å². The SMILES string of the molecule is Cn1cc(-c2ccncc2/C=C/C(=O)Nc2ccc(F)c(O)c2)cn1. The summed E-state index contributed by atoms with van der Waals surface area (Å²) in [5.41, 5.74) is 2.86. The van der Waals surface area contributed by atoms with Gasteiger partial charge in [0.1, 0.15) is 0 Å². The van der Waals surface area contributed by atoms with Crippen molar-refractivity contribution in [1.82, 2.24) is 14.8 Å². The molecule has 0 saturated heterocycles. The number of carbonyl (C=O) groups is 1. The van der Waals surface area contributed by atoms with Gasteiger partial charge in [-0.1, -0.05) is 0 Å². The third kappa shape index (κ3) is 3.89. The van der Waals surface area contributed by atoms with Crippen LogP contribution in [0.4, 0.5) is 10.1 Å². The van der Waals surface area contributed by atoms with Gasteiger partial charge in [-0.05, 0) is 29.8 Å². The van der Waals surface area contributed by atoms with Gasteiger partial charge in [-0.15, -0.1) is 0 Å².